The fourth-order valence-corrected chi connectivity index (χ4v) is 5.01. The third-order valence-electron chi connectivity index (χ3n) is 7.42. The van der Waals surface area contributed by atoms with Crippen LogP contribution >= 0.6 is 0 Å². The molecule has 0 saturated heterocycles. The molecule has 4 aromatic rings. The van der Waals surface area contributed by atoms with Gasteiger partial charge in [-0.25, -0.2) is 4.98 Å². The predicted molar refractivity (Wildman–Crippen MR) is 148 cm³/mol. The number of anilines is 1. The number of oxazole rings is 1. The number of hydrogen-bond donors (Lipinski definition) is 2. The maximum Gasteiger partial charge on any atom is 0.228 e. The van der Waals surface area contributed by atoms with Crippen molar-refractivity contribution >= 4 is 23.0 Å². The van der Waals surface area contributed by atoms with Crippen LogP contribution in [0.2, 0.25) is 0 Å². The molecule has 0 aliphatic heterocycles. The molecule has 0 unspecified atom stereocenters. The fraction of sp³-hybridized carbons (Fsp3) is 0.400. The highest BCUT2D eigenvalue weighted by molar-refractivity contribution is 6.03. The average Bonchev–Trinajstić information content (AvgIpc) is 3.42. The number of aryl methyl sites for hydroxylation is 1. The van der Waals surface area contributed by atoms with Crippen molar-refractivity contribution in [1.82, 2.24) is 14.9 Å². The Morgan fingerprint density at radius 3 is 2.38 bits per heavy atom. The van der Waals surface area contributed by atoms with Crippen molar-refractivity contribution in [2.75, 3.05) is 19.0 Å². The Hall–Kier alpha value is -3.74. The van der Waals surface area contributed by atoms with Gasteiger partial charge in [-0.1, -0.05) is 12.1 Å². The van der Waals surface area contributed by atoms with Crippen LogP contribution in [0.3, 0.4) is 0 Å². The minimum Gasteiger partial charge on any atom is -0.494 e. The van der Waals surface area contributed by atoms with Crippen LogP contribution in [-0.2, 0) is 4.79 Å². The van der Waals surface area contributed by atoms with Gasteiger partial charge >= 0.3 is 0 Å². The highest BCUT2D eigenvalue weighted by Gasteiger charge is 2.30. The molecule has 1 amide bonds. The van der Waals surface area contributed by atoms with Gasteiger partial charge in [0.2, 0.25) is 12.3 Å². The van der Waals surface area contributed by atoms with Crippen molar-refractivity contribution in [3.8, 4) is 28.5 Å². The zero-order valence-corrected chi connectivity index (χ0v) is 21.9. The number of hydrogen-bond acceptors (Lipinski definition) is 5. The number of rotatable bonds is 8. The van der Waals surface area contributed by atoms with Gasteiger partial charge in [0.05, 0.1) is 29.1 Å². The van der Waals surface area contributed by atoms with Crippen molar-refractivity contribution in [2.24, 2.45) is 0 Å². The summed E-state index contributed by atoms with van der Waals surface area (Å²) in [6.07, 6.45) is 9.79. The summed E-state index contributed by atoms with van der Waals surface area (Å²) in [4.78, 5) is 14.4. The topological polar surface area (TPSA) is 81.3 Å². The van der Waals surface area contributed by atoms with Crippen LogP contribution in [0.25, 0.3) is 33.6 Å². The third-order valence-corrected chi connectivity index (χ3v) is 7.42. The lowest BCUT2D eigenvalue weighted by Gasteiger charge is -2.30. The van der Waals surface area contributed by atoms with Gasteiger partial charge in [0, 0.05) is 36.3 Å². The van der Waals surface area contributed by atoms with Crippen molar-refractivity contribution in [3.63, 3.8) is 0 Å². The molecular weight excluding hydrogens is 464 g/mol. The highest BCUT2D eigenvalue weighted by atomic mass is 16.5. The maximum atomic E-state index is 9.70. The number of carbonyl (C=O) groups is 1. The second-order valence-corrected chi connectivity index (χ2v) is 9.82. The minimum atomic E-state index is 0.480. The van der Waals surface area contributed by atoms with Crippen LogP contribution < -0.4 is 15.4 Å². The molecule has 7 nitrogen and oxygen atoms in total. The quantitative estimate of drug-likeness (QED) is 0.262. The first kappa shape index (κ1) is 24.9. The Morgan fingerprint density at radius 1 is 1.11 bits per heavy atom. The Morgan fingerprint density at radius 2 is 1.86 bits per heavy atom. The Bertz CT molecular complexity index is 1350. The number of carbonyl (C=O) groups excluding carboxylic acids is 1. The lowest BCUT2D eigenvalue weighted by molar-refractivity contribution is -0.110. The first-order valence-electron chi connectivity index (χ1n) is 13.3. The Kier molecular flexibility index (Phi) is 7.49. The molecule has 2 aliphatic rings. The summed E-state index contributed by atoms with van der Waals surface area (Å²) in [7, 11) is 1.94. The second-order valence-electron chi connectivity index (χ2n) is 9.82. The summed E-state index contributed by atoms with van der Waals surface area (Å²) >= 11 is 0. The normalized spacial score (nSPS) is 15.3. The molecule has 2 aromatic heterocycles. The fourth-order valence-electron chi connectivity index (χ4n) is 5.01. The summed E-state index contributed by atoms with van der Waals surface area (Å²) < 4.78 is 14.2. The van der Waals surface area contributed by atoms with Gasteiger partial charge in [-0.3, -0.25) is 4.79 Å². The molecule has 2 heterocycles. The van der Waals surface area contributed by atoms with E-state index in [2.05, 4.69) is 51.6 Å². The van der Waals surface area contributed by atoms with Gasteiger partial charge in [0.25, 0.3) is 0 Å². The smallest absolute Gasteiger partial charge is 0.228 e. The predicted octanol–water partition coefficient (Wildman–Crippen LogP) is 6.72. The molecule has 2 aromatic carbocycles. The van der Waals surface area contributed by atoms with E-state index in [1.807, 2.05) is 27.0 Å². The van der Waals surface area contributed by atoms with Crippen LogP contribution in [0.1, 0.15) is 57.2 Å². The van der Waals surface area contributed by atoms with Crippen LogP contribution in [0.15, 0.2) is 53.1 Å². The first-order valence-corrected chi connectivity index (χ1v) is 13.3. The van der Waals surface area contributed by atoms with E-state index in [1.54, 1.807) is 6.26 Å². The molecule has 0 spiro atoms. The molecule has 2 N–H and O–H groups in total. The molecule has 2 saturated carbocycles. The molecule has 7 heteroatoms. The van der Waals surface area contributed by atoms with E-state index in [-0.39, 0.29) is 0 Å². The van der Waals surface area contributed by atoms with Crippen LogP contribution in [0, 0.1) is 6.92 Å². The molecule has 6 rings (SSSR count). The second kappa shape index (κ2) is 11.1. The van der Waals surface area contributed by atoms with Gasteiger partial charge < -0.3 is 24.4 Å². The lowest BCUT2D eigenvalue weighted by atomic mass is 9.92. The maximum absolute atomic E-state index is 9.70. The standard InChI is InChI=1S/C25H27N3O2.C5H9NO/c1-4-29-20-12-13-21-22(14-20)28(19-6-5-7-19)24(17-8-10-18(26-3)11-9-17)23(21)25-27-16(2)15-30-25;7-4-6-5-2-1-3-5/h8-15,19,26H,4-7H2,1-3H3;4-5H,1-3H2,(H,6,7). The SMILES string of the molecule is CCOc1ccc2c(-c3nc(C)co3)c(-c3ccc(NC)cc3)n(C3CCC3)c2c1.O=CNC1CCC1. The molecule has 37 heavy (non-hydrogen) atoms. The van der Waals surface area contributed by atoms with Crippen molar-refractivity contribution < 1.29 is 13.9 Å². The number of ether oxygens (including phenoxy) is 1. The summed E-state index contributed by atoms with van der Waals surface area (Å²) in [6, 6.07) is 16.0. The van der Waals surface area contributed by atoms with E-state index in [0.717, 1.165) is 34.5 Å². The molecule has 194 valence electrons. The Balaban J connectivity index is 0.000000348. The van der Waals surface area contributed by atoms with E-state index in [1.165, 1.54) is 55.3 Å². The van der Waals surface area contributed by atoms with Crippen molar-refractivity contribution in [2.45, 2.75) is 64.5 Å². The molecule has 0 bridgehead atoms. The summed E-state index contributed by atoms with van der Waals surface area (Å²) in [6.45, 7) is 4.64. The van der Waals surface area contributed by atoms with E-state index >= 15 is 0 Å². The lowest BCUT2D eigenvalue weighted by Crippen LogP contribution is -2.33. The average molecular weight is 501 g/mol. The van der Waals surface area contributed by atoms with Crippen LogP contribution in [0.5, 0.6) is 5.75 Å². The summed E-state index contributed by atoms with van der Waals surface area (Å²) in [5.41, 5.74) is 6.57. The number of benzene rings is 2. The largest absolute Gasteiger partial charge is 0.494 e. The van der Waals surface area contributed by atoms with Gasteiger partial charge in [0.15, 0.2) is 0 Å². The van der Waals surface area contributed by atoms with Gasteiger partial charge in [0.1, 0.15) is 12.0 Å². The number of nitrogens with one attached hydrogen (secondary N) is 2. The number of amides is 1. The van der Waals surface area contributed by atoms with Gasteiger partial charge in [-0.2, -0.15) is 0 Å². The van der Waals surface area contributed by atoms with Crippen molar-refractivity contribution in [3.05, 3.63) is 54.4 Å². The zero-order valence-electron chi connectivity index (χ0n) is 21.9. The van der Waals surface area contributed by atoms with Gasteiger partial charge in [-0.15, -0.1) is 0 Å². The van der Waals surface area contributed by atoms with E-state index in [0.29, 0.717) is 24.6 Å². The van der Waals surface area contributed by atoms with Crippen LogP contribution in [-0.4, -0.2) is 35.7 Å². The summed E-state index contributed by atoms with van der Waals surface area (Å²) in [5.74, 6) is 1.57. The number of fused-ring (bicyclic) bond motifs is 1. The minimum absolute atomic E-state index is 0.480. The summed E-state index contributed by atoms with van der Waals surface area (Å²) in [5, 5.41) is 7.06. The molecule has 2 fully saturated rings. The monoisotopic (exact) mass is 500 g/mol. The Labute approximate surface area is 218 Å². The number of nitrogens with zero attached hydrogens (tertiary/aromatic N) is 2. The molecule has 0 atom stereocenters. The zero-order chi connectivity index (χ0) is 25.8. The number of aromatic nitrogens is 2. The van der Waals surface area contributed by atoms with E-state index < -0.39 is 0 Å². The first-order chi connectivity index (χ1) is 18.1. The van der Waals surface area contributed by atoms with E-state index in [4.69, 9.17) is 14.1 Å². The van der Waals surface area contributed by atoms with Crippen LogP contribution in [0.4, 0.5) is 5.69 Å². The van der Waals surface area contributed by atoms with E-state index in [9.17, 15) is 4.79 Å². The molecule has 0 radical (unpaired) electrons. The third kappa shape index (κ3) is 5.08. The molecule has 2 aliphatic carbocycles. The van der Waals surface area contributed by atoms with Crippen molar-refractivity contribution in [1.29, 1.82) is 0 Å². The molecular formula is C30H36N4O3. The highest BCUT2D eigenvalue weighted by Crippen LogP contribution is 2.47. The van der Waals surface area contributed by atoms with Gasteiger partial charge in [-0.05, 0) is 82.2 Å².